The molecule has 0 spiro atoms. The van der Waals surface area contributed by atoms with Gasteiger partial charge in [-0.3, -0.25) is 4.79 Å². The van der Waals surface area contributed by atoms with E-state index in [2.05, 4.69) is 4.98 Å². The van der Waals surface area contributed by atoms with Crippen LogP contribution in [0.5, 0.6) is 0 Å². The normalized spacial score (nSPS) is 14.8. The molecule has 0 bridgehead atoms. The molecule has 0 saturated carbocycles. The smallest absolute Gasteiger partial charge is 0.228 e. The van der Waals surface area contributed by atoms with Gasteiger partial charge in [0, 0.05) is 24.0 Å². The zero-order valence-corrected chi connectivity index (χ0v) is 11.5. The van der Waals surface area contributed by atoms with Gasteiger partial charge in [0.15, 0.2) is 0 Å². The number of likely N-dealkylation sites (tertiary alicyclic amines) is 1. The topological polar surface area (TPSA) is 33.2 Å². The van der Waals surface area contributed by atoms with E-state index >= 15 is 0 Å². The first-order valence-electron chi connectivity index (χ1n) is 6.60. The van der Waals surface area contributed by atoms with Crippen LogP contribution in [0.2, 0.25) is 0 Å². The summed E-state index contributed by atoms with van der Waals surface area (Å²) in [6.07, 6.45) is 2.71. The number of carbonyl (C=O) groups excluding carboxylic acids is 1. The second-order valence-electron chi connectivity index (χ2n) is 4.77. The van der Waals surface area contributed by atoms with Crippen molar-refractivity contribution < 1.29 is 4.79 Å². The van der Waals surface area contributed by atoms with E-state index in [-0.39, 0.29) is 5.91 Å². The SMILES string of the molecule is O=C(Cc1csc(-c2ccccc2)n1)N1CCCC1. The maximum absolute atomic E-state index is 12.1. The molecule has 0 atom stereocenters. The van der Waals surface area contributed by atoms with Crippen LogP contribution >= 0.6 is 11.3 Å². The molecule has 0 aliphatic carbocycles. The van der Waals surface area contributed by atoms with Crippen LogP contribution in [0.25, 0.3) is 10.6 Å². The average Bonchev–Trinajstić information content (AvgIpc) is 3.11. The van der Waals surface area contributed by atoms with Gasteiger partial charge in [0.05, 0.1) is 12.1 Å². The number of aromatic nitrogens is 1. The monoisotopic (exact) mass is 272 g/mol. The van der Waals surface area contributed by atoms with Crippen LogP contribution in [0.1, 0.15) is 18.5 Å². The van der Waals surface area contributed by atoms with Gasteiger partial charge in [-0.1, -0.05) is 30.3 Å². The molecule has 1 aromatic heterocycles. The molecule has 0 radical (unpaired) electrons. The maximum atomic E-state index is 12.1. The quantitative estimate of drug-likeness (QED) is 0.860. The van der Waals surface area contributed by atoms with Gasteiger partial charge in [0.2, 0.25) is 5.91 Å². The Balaban J connectivity index is 1.70. The molecule has 1 amide bonds. The van der Waals surface area contributed by atoms with Crippen LogP contribution in [-0.2, 0) is 11.2 Å². The lowest BCUT2D eigenvalue weighted by molar-refractivity contribution is -0.129. The molecule has 0 N–H and O–H groups in total. The Kier molecular flexibility index (Phi) is 3.60. The Labute approximate surface area is 116 Å². The van der Waals surface area contributed by atoms with E-state index in [1.807, 2.05) is 40.6 Å². The molecule has 1 aliphatic rings. The number of nitrogens with zero attached hydrogens (tertiary/aromatic N) is 2. The van der Waals surface area contributed by atoms with Crippen LogP contribution < -0.4 is 0 Å². The third kappa shape index (κ3) is 2.84. The lowest BCUT2D eigenvalue weighted by Crippen LogP contribution is -2.29. The van der Waals surface area contributed by atoms with Gasteiger partial charge < -0.3 is 4.90 Å². The van der Waals surface area contributed by atoms with Crippen molar-refractivity contribution in [3.05, 3.63) is 41.4 Å². The van der Waals surface area contributed by atoms with Crippen molar-refractivity contribution in [1.82, 2.24) is 9.88 Å². The third-order valence-electron chi connectivity index (χ3n) is 3.36. The van der Waals surface area contributed by atoms with Crippen LogP contribution in [0.4, 0.5) is 0 Å². The molecule has 98 valence electrons. The van der Waals surface area contributed by atoms with Gasteiger partial charge in [-0.2, -0.15) is 0 Å². The van der Waals surface area contributed by atoms with E-state index in [1.54, 1.807) is 11.3 Å². The average molecular weight is 272 g/mol. The Morgan fingerprint density at radius 1 is 1.21 bits per heavy atom. The molecule has 3 rings (SSSR count). The summed E-state index contributed by atoms with van der Waals surface area (Å²) in [4.78, 5) is 18.6. The Morgan fingerprint density at radius 3 is 2.68 bits per heavy atom. The molecular formula is C15H16N2OS. The minimum Gasteiger partial charge on any atom is -0.342 e. The van der Waals surface area contributed by atoms with Crippen molar-refractivity contribution in [3.63, 3.8) is 0 Å². The molecule has 2 heterocycles. The molecule has 19 heavy (non-hydrogen) atoms. The van der Waals surface area contributed by atoms with E-state index < -0.39 is 0 Å². The molecule has 2 aromatic rings. The first-order chi connectivity index (χ1) is 9.33. The molecule has 1 aliphatic heterocycles. The largest absolute Gasteiger partial charge is 0.342 e. The molecular weight excluding hydrogens is 256 g/mol. The number of hydrogen-bond donors (Lipinski definition) is 0. The Morgan fingerprint density at radius 2 is 1.95 bits per heavy atom. The number of thiazole rings is 1. The summed E-state index contributed by atoms with van der Waals surface area (Å²) in [6, 6.07) is 10.1. The summed E-state index contributed by atoms with van der Waals surface area (Å²) < 4.78 is 0. The molecule has 3 nitrogen and oxygen atoms in total. The van der Waals surface area contributed by atoms with Crippen LogP contribution in [0.15, 0.2) is 35.7 Å². The van der Waals surface area contributed by atoms with Gasteiger partial charge >= 0.3 is 0 Å². The summed E-state index contributed by atoms with van der Waals surface area (Å²) in [5.41, 5.74) is 2.01. The summed E-state index contributed by atoms with van der Waals surface area (Å²) in [6.45, 7) is 1.82. The Bertz CT molecular complexity index is 559. The van der Waals surface area contributed by atoms with Gasteiger partial charge in [-0.05, 0) is 12.8 Å². The number of hydrogen-bond acceptors (Lipinski definition) is 3. The van der Waals surface area contributed by atoms with Crippen molar-refractivity contribution in [2.45, 2.75) is 19.3 Å². The molecule has 4 heteroatoms. The fourth-order valence-corrected chi connectivity index (χ4v) is 3.16. The molecule has 1 saturated heterocycles. The minimum atomic E-state index is 0.211. The first-order valence-corrected chi connectivity index (χ1v) is 7.48. The fraction of sp³-hybridized carbons (Fsp3) is 0.333. The van der Waals surface area contributed by atoms with E-state index in [4.69, 9.17) is 0 Å². The van der Waals surface area contributed by atoms with Crippen molar-refractivity contribution >= 4 is 17.2 Å². The fourth-order valence-electron chi connectivity index (χ4n) is 2.33. The van der Waals surface area contributed by atoms with E-state index in [0.29, 0.717) is 6.42 Å². The maximum Gasteiger partial charge on any atom is 0.228 e. The van der Waals surface area contributed by atoms with Gasteiger partial charge in [0.25, 0.3) is 0 Å². The molecule has 0 unspecified atom stereocenters. The second-order valence-corrected chi connectivity index (χ2v) is 5.63. The zero-order chi connectivity index (χ0) is 13.1. The number of amides is 1. The number of benzene rings is 1. The highest BCUT2D eigenvalue weighted by Gasteiger charge is 2.19. The van der Waals surface area contributed by atoms with Crippen molar-refractivity contribution in [2.24, 2.45) is 0 Å². The Hall–Kier alpha value is -1.68. The zero-order valence-electron chi connectivity index (χ0n) is 10.7. The predicted octanol–water partition coefficient (Wildman–Crippen LogP) is 2.98. The van der Waals surface area contributed by atoms with Gasteiger partial charge in [0.1, 0.15) is 5.01 Å². The summed E-state index contributed by atoms with van der Waals surface area (Å²) in [5, 5.41) is 2.99. The highest BCUT2D eigenvalue weighted by Crippen LogP contribution is 2.23. The van der Waals surface area contributed by atoms with Crippen LogP contribution in [-0.4, -0.2) is 28.9 Å². The summed E-state index contributed by atoms with van der Waals surface area (Å²) in [5.74, 6) is 0.211. The van der Waals surface area contributed by atoms with Gasteiger partial charge in [-0.25, -0.2) is 4.98 Å². The van der Waals surface area contributed by atoms with Crippen LogP contribution in [0, 0.1) is 0 Å². The highest BCUT2D eigenvalue weighted by atomic mass is 32.1. The third-order valence-corrected chi connectivity index (χ3v) is 4.30. The van der Waals surface area contributed by atoms with E-state index in [0.717, 1.165) is 42.2 Å². The van der Waals surface area contributed by atoms with Crippen molar-refractivity contribution in [2.75, 3.05) is 13.1 Å². The standard InChI is InChI=1S/C15H16N2OS/c18-14(17-8-4-5-9-17)10-13-11-19-15(16-13)12-6-2-1-3-7-12/h1-3,6-7,11H,4-5,8-10H2. The van der Waals surface area contributed by atoms with Gasteiger partial charge in [-0.15, -0.1) is 11.3 Å². The van der Waals surface area contributed by atoms with Crippen LogP contribution in [0.3, 0.4) is 0 Å². The highest BCUT2D eigenvalue weighted by molar-refractivity contribution is 7.13. The molecule has 1 fully saturated rings. The summed E-state index contributed by atoms with van der Waals surface area (Å²) in [7, 11) is 0. The minimum absolute atomic E-state index is 0.211. The first kappa shape index (κ1) is 12.4. The second kappa shape index (κ2) is 5.53. The summed E-state index contributed by atoms with van der Waals surface area (Å²) >= 11 is 1.61. The van der Waals surface area contributed by atoms with E-state index in [1.165, 1.54) is 0 Å². The number of rotatable bonds is 3. The molecule has 1 aromatic carbocycles. The van der Waals surface area contributed by atoms with Crippen molar-refractivity contribution in [1.29, 1.82) is 0 Å². The number of carbonyl (C=O) groups is 1. The lowest BCUT2D eigenvalue weighted by Gasteiger charge is -2.13. The van der Waals surface area contributed by atoms with Crippen molar-refractivity contribution in [3.8, 4) is 10.6 Å². The van der Waals surface area contributed by atoms with E-state index in [9.17, 15) is 4.79 Å². The lowest BCUT2D eigenvalue weighted by atomic mass is 10.2. The predicted molar refractivity (Wildman–Crippen MR) is 77.1 cm³/mol.